The van der Waals surface area contributed by atoms with Gasteiger partial charge in [0.15, 0.2) is 0 Å². The van der Waals surface area contributed by atoms with Gasteiger partial charge in [-0.1, -0.05) is 0 Å². The van der Waals surface area contributed by atoms with Crippen molar-refractivity contribution in [3.8, 4) is 0 Å². The van der Waals surface area contributed by atoms with Gasteiger partial charge in [-0.3, -0.25) is 0 Å². The van der Waals surface area contributed by atoms with Gasteiger partial charge >= 0.3 is 0 Å². The molecule has 3 nitrogen and oxygen atoms in total. The first kappa shape index (κ1) is 15.9. The van der Waals surface area contributed by atoms with Crippen LogP contribution in [0.2, 0.25) is 0 Å². The number of rotatable bonds is 6. The maximum absolute atomic E-state index is 9.28. The third-order valence-electron chi connectivity index (χ3n) is 1.80. The van der Waals surface area contributed by atoms with E-state index < -0.39 is 6.10 Å². The molecule has 0 aliphatic heterocycles. The van der Waals surface area contributed by atoms with Crippen LogP contribution in [0.3, 0.4) is 0 Å². The second-order valence-electron chi connectivity index (χ2n) is 3.73. The van der Waals surface area contributed by atoms with Crippen molar-refractivity contribution in [2.45, 2.75) is 12.5 Å². The van der Waals surface area contributed by atoms with E-state index in [0.717, 1.165) is 13.0 Å². The molecular weight excluding hydrogens is 213 g/mol. The summed E-state index contributed by atoms with van der Waals surface area (Å²) in [7, 11) is 4.04. The Labute approximate surface area is 91.3 Å². The maximum atomic E-state index is 9.28. The summed E-state index contributed by atoms with van der Waals surface area (Å²) >= 11 is 5.48. The van der Waals surface area contributed by atoms with Crippen molar-refractivity contribution in [1.29, 1.82) is 0 Å². The van der Waals surface area contributed by atoms with E-state index >= 15 is 0 Å². The Balaban J connectivity index is 0. The molecule has 0 aliphatic carbocycles. The van der Waals surface area contributed by atoms with Crippen molar-refractivity contribution in [2.75, 3.05) is 39.7 Å². The van der Waals surface area contributed by atoms with Crippen LogP contribution in [0.1, 0.15) is 6.42 Å². The number of quaternary nitrogens is 1. The molecule has 0 saturated heterocycles. The molecular formula is C8H19Cl2NO2. The molecule has 0 radical (unpaired) electrons. The highest BCUT2D eigenvalue weighted by molar-refractivity contribution is 6.18. The van der Waals surface area contributed by atoms with Crippen LogP contribution in [0.25, 0.3) is 0 Å². The minimum atomic E-state index is -0.444. The van der Waals surface area contributed by atoms with Crippen molar-refractivity contribution < 1.29 is 27.1 Å². The molecule has 5 heteroatoms. The first-order valence-electron chi connectivity index (χ1n) is 4.19. The monoisotopic (exact) mass is 231 g/mol. The lowest BCUT2D eigenvalue weighted by molar-refractivity contribution is -0.893. The molecule has 0 amide bonds. The van der Waals surface area contributed by atoms with Crippen molar-refractivity contribution in [3.63, 3.8) is 0 Å². The summed E-state index contributed by atoms with van der Waals surface area (Å²) in [6.45, 7) is 1.71. The zero-order valence-electron chi connectivity index (χ0n) is 8.21. The van der Waals surface area contributed by atoms with Crippen molar-refractivity contribution in [3.05, 3.63) is 0 Å². The standard InChI is InChI=1S/C8H19ClNO2.ClH/c1-10(2,4-3-5-11)7-8(12)6-9;/h8,11-12H,3-7H2,1-2H3;1H/q+1;/p-1/t8-;/m1./s1. The summed E-state index contributed by atoms with van der Waals surface area (Å²) in [4.78, 5) is 0. The zero-order chi connectivity index (χ0) is 9.61. The summed E-state index contributed by atoms with van der Waals surface area (Å²) < 4.78 is 0.703. The minimum Gasteiger partial charge on any atom is -1.00 e. The number of hydrogen-bond donors (Lipinski definition) is 2. The van der Waals surface area contributed by atoms with Crippen LogP contribution in [0.5, 0.6) is 0 Å². The lowest BCUT2D eigenvalue weighted by Crippen LogP contribution is -3.00. The number of nitrogens with zero attached hydrogens (tertiary/aromatic N) is 1. The summed E-state index contributed by atoms with van der Waals surface area (Å²) in [5.74, 6) is 0.279. The Hall–Kier alpha value is 0.460. The number of aliphatic hydroxyl groups is 2. The Morgan fingerprint density at radius 2 is 1.92 bits per heavy atom. The number of alkyl halides is 1. The van der Waals surface area contributed by atoms with Gasteiger partial charge in [0, 0.05) is 13.0 Å². The molecule has 0 aromatic heterocycles. The highest BCUT2D eigenvalue weighted by atomic mass is 35.5. The van der Waals surface area contributed by atoms with E-state index in [1.807, 2.05) is 14.1 Å². The van der Waals surface area contributed by atoms with Crippen LogP contribution in [-0.4, -0.2) is 60.5 Å². The Morgan fingerprint density at radius 1 is 1.38 bits per heavy atom. The summed E-state index contributed by atoms with van der Waals surface area (Å²) in [6.07, 6.45) is 0.322. The molecule has 0 unspecified atom stereocenters. The third kappa shape index (κ3) is 8.78. The van der Waals surface area contributed by atoms with Crippen molar-refractivity contribution >= 4 is 11.6 Å². The molecule has 2 N–H and O–H groups in total. The van der Waals surface area contributed by atoms with E-state index in [9.17, 15) is 5.11 Å². The summed E-state index contributed by atoms with van der Waals surface area (Å²) in [6, 6.07) is 0. The van der Waals surface area contributed by atoms with Crippen molar-refractivity contribution in [1.82, 2.24) is 0 Å². The molecule has 0 aromatic carbocycles. The van der Waals surface area contributed by atoms with Gasteiger partial charge in [-0.2, -0.15) is 0 Å². The predicted molar refractivity (Wildman–Crippen MR) is 50.3 cm³/mol. The smallest absolute Gasteiger partial charge is 0.116 e. The van der Waals surface area contributed by atoms with Crippen LogP contribution in [0, 0.1) is 0 Å². The second-order valence-corrected chi connectivity index (χ2v) is 4.04. The van der Waals surface area contributed by atoms with E-state index in [1.54, 1.807) is 0 Å². The highest BCUT2D eigenvalue weighted by Crippen LogP contribution is 2.02. The zero-order valence-corrected chi connectivity index (χ0v) is 9.72. The molecule has 82 valence electrons. The van der Waals surface area contributed by atoms with Crippen LogP contribution >= 0.6 is 11.6 Å². The fourth-order valence-electron chi connectivity index (χ4n) is 1.21. The number of likely N-dealkylation sites (N-methyl/N-ethyl adjacent to an activating group) is 1. The molecule has 0 aromatic rings. The van der Waals surface area contributed by atoms with Gasteiger partial charge in [0.25, 0.3) is 0 Å². The average molecular weight is 232 g/mol. The first-order valence-corrected chi connectivity index (χ1v) is 4.72. The summed E-state index contributed by atoms with van der Waals surface area (Å²) in [5.41, 5.74) is 0. The van der Waals surface area contributed by atoms with E-state index in [4.69, 9.17) is 16.7 Å². The summed E-state index contributed by atoms with van der Waals surface area (Å²) in [5, 5.41) is 17.9. The SMILES string of the molecule is C[N+](C)(CCCO)C[C@H](O)CCl.[Cl-]. The Bertz CT molecular complexity index is 123. The third-order valence-corrected chi connectivity index (χ3v) is 2.16. The van der Waals surface area contributed by atoms with Gasteiger partial charge in [-0.25, -0.2) is 0 Å². The van der Waals surface area contributed by atoms with E-state index in [0.29, 0.717) is 11.0 Å². The van der Waals surface area contributed by atoms with E-state index in [-0.39, 0.29) is 24.9 Å². The topological polar surface area (TPSA) is 40.5 Å². The minimum absolute atomic E-state index is 0. The van der Waals surface area contributed by atoms with E-state index in [1.165, 1.54) is 0 Å². The van der Waals surface area contributed by atoms with Gasteiger partial charge in [0.2, 0.25) is 0 Å². The van der Waals surface area contributed by atoms with Crippen LogP contribution in [-0.2, 0) is 0 Å². The maximum Gasteiger partial charge on any atom is 0.116 e. The van der Waals surface area contributed by atoms with Gasteiger partial charge in [-0.15, -0.1) is 11.6 Å². The fraction of sp³-hybridized carbons (Fsp3) is 1.00. The number of halogens is 2. The normalized spacial score (nSPS) is 13.6. The van der Waals surface area contributed by atoms with Crippen LogP contribution < -0.4 is 12.4 Å². The van der Waals surface area contributed by atoms with Gasteiger partial charge < -0.3 is 27.1 Å². The Kier molecular flexibility index (Phi) is 9.58. The second kappa shape index (κ2) is 7.83. The average Bonchev–Trinajstić information content (AvgIpc) is 2.00. The van der Waals surface area contributed by atoms with E-state index in [2.05, 4.69) is 0 Å². The fourth-order valence-corrected chi connectivity index (χ4v) is 1.31. The largest absolute Gasteiger partial charge is 1.00 e. The molecule has 0 saturated carbocycles. The molecule has 1 atom stereocenters. The molecule has 0 bridgehead atoms. The van der Waals surface area contributed by atoms with Gasteiger partial charge in [0.1, 0.15) is 12.6 Å². The lowest BCUT2D eigenvalue weighted by atomic mass is 10.3. The molecule has 0 spiro atoms. The Morgan fingerprint density at radius 3 is 2.31 bits per heavy atom. The molecule has 13 heavy (non-hydrogen) atoms. The molecule has 0 heterocycles. The molecule has 0 rings (SSSR count). The predicted octanol–water partition coefficient (Wildman–Crippen LogP) is -2.95. The highest BCUT2D eigenvalue weighted by Gasteiger charge is 2.18. The van der Waals surface area contributed by atoms with Crippen LogP contribution in [0.4, 0.5) is 0 Å². The number of aliphatic hydroxyl groups excluding tert-OH is 2. The quantitative estimate of drug-likeness (QED) is 0.380. The van der Waals surface area contributed by atoms with Crippen LogP contribution in [0.15, 0.2) is 0 Å². The molecule has 0 aliphatic rings. The number of hydrogen-bond acceptors (Lipinski definition) is 2. The van der Waals surface area contributed by atoms with Crippen molar-refractivity contribution in [2.24, 2.45) is 0 Å². The first-order chi connectivity index (χ1) is 5.52. The van der Waals surface area contributed by atoms with Gasteiger partial charge in [-0.05, 0) is 0 Å². The lowest BCUT2D eigenvalue weighted by Gasteiger charge is -2.31. The molecule has 0 fully saturated rings. The van der Waals surface area contributed by atoms with Gasteiger partial charge in [0.05, 0.1) is 26.5 Å².